The van der Waals surface area contributed by atoms with Crippen LogP contribution in [0.2, 0.25) is 0 Å². The second-order valence-electron chi connectivity index (χ2n) is 8.67. The first-order valence-electron chi connectivity index (χ1n) is 15.1. The Balaban J connectivity index is 3.03. The number of primary amides is 1. The van der Waals surface area contributed by atoms with E-state index in [2.05, 4.69) is 5.32 Å². The molecule has 15 heteroatoms. The van der Waals surface area contributed by atoms with E-state index in [1.165, 1.54) is 0 Å². The van der Waals surface area contributed by atoms with Crippen molar-refractivity contribution in [3.8, 4) is 0 Å². The zero-order valence-electron chi connectivity index (χ0n) is 26.3. The number of carbonyl (C=O) groups excluding carboxylic acids is 1. The summed E-state index contributed by atoms with van der Waals surface area (Å²) in [5.41, 5.74) is 5.01. The van der Waals surface area contributed by atoms with Gasteiger partial charge in [0, 0.05) is 13.0 Å². The average molecular weight is 631 g/mol. The largest absolute Gasteiger partial charge is 0.379 e. The number of nitrogens with one attached hydrogen (secondary N) is 1. The summed E-state index contributed by atoms with van der Waals surface area (Å²) in [5.74, 6) is -0.374. The molecule has 1 amide bonds. The number of likely N-dealkylation sites (N-methyl/N-ethyl adjacent to an activating group) is 1. The Hall–Kier alpha value is -1.05. The molecule has 258 valence electrons. The molecular weight excluding hydrogens is 572 g/mol. The maximum atomic E-state index is 10.5. The third kappa shape index (κ3) is 41.0. The Morgan fingerprint density at radius 3 is 0.744 bits per heavy atom. The van der Waals surface area contributed by atoms with Gasteiger partial charge in [-0.05, 0) is 7.05 Å². The smallest absolute Gasteiger partial charge is 0.219 e. The molecule has 0 saturated heterocycles. The molecule has 0 bridgehead atoms. The fraction of sp³-hybridized carbons (Fsp3) is 0.964. The van der Waals surface area contributed by atoms with Crippen LogP contribution in [0, 0.1) is 0 Å². The van der Waals surface area contributed by atoms with Gasteiger partial charge in [0.05, 0.1) is 159 Å². The second-order valence-corrected chi connectivity index (χ2v) is 8.67. The fourth-order valence-electron chi connectivity index (χ4n) is 2.87. The van der Waals surface area contributed by atoms with E-state index >= 15 is 0 Å². The zero-order chi connectivity index (χ0) is 31.2. The van der Waals surface area contributed by atoms with Crippen LogP contribution >= 0.6 is 0 Å². The molecule has 0 aliphatic carbocycles. The molecule has 43 heavy (non-hydrogen) atoms. The van der Waals surface area contributed by atoms with E-state index in [-0.39, 0.29) is 12.3 Å². The van der Waals surface area contributed by atoms with Gasteiger partial charge in [-0.3, -0.25) is 4.79 Å². The first kappa shape index (κ1) is 42.0. The molecule has 0 saturated carbocycles. The van der Waals surface area contributed by atoms with Crippen LogP contribution in [0.4, 0.5) is 0 Å². The Labute approximate surface area is 257 Å². The van der Waals surface area contributed by atoms with Crippen LogP contribution in [0.1, 0.15) is 6.42 Å². The number of ether oxygens (including phenoxy) is 12. The minimum absolute atomic E-state index is 0.221. The zero-order valence-corrected chi connectivity index (χ0v) is 26.3. The molecule has 0 atom stereocenters. The molecule has 0 aromatic rings. The van der Waals surface area contributed by atoms with Crippen LogP contribution in [0.25, 0.3) is 0 Å². The van der Waals surface area contributed by atoms with Crippen molar-refractivity contribution in [2.45, 2.75) is 6.42 Å². The van der Waals surface area contributed by atoms with E-state index < -0.39 is 0 Å². The first-order chi connectivity index (χ1) is 21.3. The van der Waals surface area contributed by atoms with E-state index in [0.717, 1.165) is 6.54 Å². The van der Waals surface area contributed by atoms with Crippen LogP contribution < -0.4 is 11.1 Å². The van der Waals surface area contributed by atoms with Gasteiger partial charge >= 0.3 is 0 Å². The first-order valence-corrected chi connectivity index (χ1v) is 15.1. The van der Waals surface area contributed by atoms with Gasteiger partial charge in [0.1, 0.15) is 0 Å². The van der Waals surface area contributed by atoms with E-state index in [9.17, 15) is 4.79 Å². The Morgan fingerprint density at radius 2 is 0.558 bits per heavy atom. The number of carbonyl (C=O) groups is 1. The van der Waals surface area contributed by atoms with E-state index in [0.29, 0.717) is 159 Å². The molecule has 0 unspecified atom stereocenters. The highest BCUT2D eigenvalue weighted by Crippen LogP contribution is 1.87. The Morgan fingerprint density at radius 1 is 0.372 bits per heavy atom. The molecule has 0 aliphatic heterocycles. The molecule has 0 aromatic heterocycles. The summed E-state index contributed by atoms with van der Waals surface area (Å²) >= 11 is 0. The second kappa shape index (κ2) is 39.0. The lowest BCUT2D eigenvalue weighted by atomic mass is 10.4. The number of rotatable bonds is 39. The summed E-state index contributed by atoms with van der Waals surface area (Å²) in [7, 11) is 1.89. The topological polar surface area (TPSA) is 166 Å². The van der Waals surface area contributed by atoms with Crippen molar-refractivity contribution in [3.05, 3.63) is 0 Å². The van der Waals surface area contributed by atoms with Crippen molar-refractivity contribution < 1.29 is 61.6 Å². The molecule has 0 rings (SSSR count). The predicted octanol–water partition coefficient (Wildman–Crippen LogP) is -0.720. The minimum atomic E-state index is -0.374. The van der Waals surface area contributed by atoms with Gasteiger partial charge in [-0.25, -0.2) is 0 Å². The lowest BCUT2D eigenvalue weighted by Crippen LogP contribution is -2.17. The highest BCUT2D eigenvalue weighted by molar-refractivity contribution is 5.73. The summed E-state index contributed by atoms with van der Waals surface area (Å²) in [4.78, 5) is 10.5. The molecule has 15 nitrogen and oxygen atoms in total. The molecule has 3 N–H and O–H groups in total. The number of hydrogen-bond donors (Lipinski definition) is 2. The molecule has 0 heterocycles. The fourth-order valence-corrected chi connectivity index (χ4v) is 2.87. The summed E-state index contributed by atoms with van der Waals surface area (Å²) in [6, 6.07) is 0. The lowest BCUT2D eigenvalue weighted by molar-refractivity contribution is -0.119. The molecule has 0 spiro atoms. The van der Waals surface area contributed by atoms with Gasteiger partial charge in [0.2, 0.25) is 5.91 Å². The molecule has 0 radical (unpaired) electrons. The molecule has 0 fully saturated rings. The van der Waals surface area contributed by atoms with Gasteiger partial charge in [0.15, 0.2) is 0 Å². The molecule has 0 aromatic carbocycles. The van der Waals surface area contributed by atoms with Gasteiger partial charge in [-0.15, -0.1) is 0 Å². The van der Waals surface area contributed by atoms with Crippen LogP contribution in [0.5, 0.6) is 0 Å². The number of amides is 1. The highest BCUT2D eigenvalue weighted by atomic mass is 16.6. The number of nitrogens with two attached hydrogens (primary N) is 1. The molecular formula is C28H58N2O13. The Kier molecular flexibility index (Phi) is 38.0. The van der Waals surface area contributed by atoms with Crippen molar-refractivity contribution in [1.82, 2.24) is 5.32 Å². The van der Waals surface area contributed by atoms with Crippen LogP contribution in [0.15, 0.2) is 0 Å². The van der Waals surface area contributed by atoms with Crippen molar-refractivity contribution in [2.24, 2.45) is 5.73 Å². The van der Waals surface area contributed by atoms with Crippen LogP contribution in [-0.4, -0.2) is 178 Å². The average Bonchev–Trinajstić information content (AvgIpc) is 3.00. The van der Waals surface area contributed by atoms with Gasteiger partial charge in [-0.1, -0.05) is 0 Å². The van der Waals surface area contributed by atoms with Crippen molar-refractivity contribution in [3.63, 3.8) is 0 Å². The van der Waals surface area contributed by atoms with E-state index in [1.807, 2.05) is 7.05 Å². The summed E-state index contributed by atoms with van der Waals surface area (Å²) < 4.78 is 64.9. The van der Waals surface area contributed by atoms with E-state index in [1.54, 1.807) is 0 Å². The maximum Gasteiger partial charge on any atom is 0.219 e. The van der Waals surface area contributed by atoms with Crippen molar-refractivity contribution >= 4 is 5.91 Å². The lowest BCUT2D eigenvalue weighted by Gasteiger charge is -2.09. The third-order valence-electron chi connectivity index (χ3n) is 5.08. The van der Waals surface area contributed by atoms with Gasteiger partial charge < -0.3 is 67.9 Å². The summed E-state index contributed by atoms with van der Waals surface area (Å²) in [5, 5.41) is 3.02. The standard InChI is InChI=1S/C28H58N2O13/c1-30-3-5-33-7-9-35-11-13-37-15-17-39-19-21-41-23-25-43-27-26-42-24-22-40-20-18-38-16-14-36-12-10-34-8-6-32-4-2-28(29)31/h30H,2-27H2,1H3,(H2,29,31). The number of hydrogen-bond acceptors (Lipinski definition) is 14. The Bertz CT molecular complexity index is 539. The van der Waals surface area contributed by atoms with Gasteiger partial charge in [0.25, 0.3) is 0 Å². The van der Waals surface area contributed by atoms with Crippen LogP contribution in [-0.2, 0) is 61.6 Å². The van der Waals surface area contributed by atoms with Gasteiger partial charge in [-0.2, -0.15) is 0 Å². The third-order valence-corrected chi connectivity index (χ3v) is 5.08. The SMILES string of the molecule is CNCCOCCOCCOCCOCCOCCOCCOCCOCCOCCOCCOCCOCCC(N)=O. The van der Waals surface area contributed by atoms with E-state index in [4.69, 9.17) is 62.6 Å². The van der Waals surface area contributed by atoms with Crippen molar-refractivity contribution in [1.29, 1.82) is 0 Å². The van der Waals surface area contributed by atoms with Crippen molar-refractivity contribution in [2.75, 3.05) is 172 Å². The highest BCUT2D eigenvalue weighted by Gasteiger charge is 1.97. The minimum Gasteiger partial charge on any atom is -0.379 e. The van der Waals surface area contributed by atoms with Crippen LogP contribution in [0.3, 0.4) is 0 Å². The summed E-state index contributed by atoms with van der Waals surface area (Å²) in [6.07, 6.45) is 0.221. The quantitative estimate of drug-likeness (QED) is 0.0817. The predicted molar refractivity (Wildman–Crippen MR) is 158 cm³/mol. The molecule has 0 aliphatic rings. The summed E-state index contributed by atoms with van der Waals surface area (Å²) in [6.45, 7) is 13.0. The maximum absolute atomic E-state index is 10.5. The monoisotopic (exact) mass is 630 g/mol. The normalized spacial score (nSPS) is 11.5.